The summed E-state index contributed by atoms with van der Waals surface area (Å²) >= 11 is 12.1. The fourth-order valence-electron chi connectivity index (χ4n) is 3.21. The molecule has 0 atom stereocenters. The molecule has 0 bridgehead atoms. The van der Waals surface area contributed by atoms with Crippen molar-refractivity contribution in [1.29, 1.82) is 0 Å². The van der Waals surface area contributed by atoms with E-state index in [1.54, 1.807) is 18.2 Å². The Kier molecular flexibility index (Phi) is 5.93. The van der Waals surface area contributed by atoms with Crippen molar-refractivity contribution >= 4 is 45.8 Å². The number of anilines is 1. The van der Waals surface area contributed by atoms with Crippen molar-refractivity contribution in [3.8, 4) is 5.75 Å². The fourth-order valence-corrected chi connectivity index (χ4v) is 3.68. The Hall–Kier alpha value is -3.02. The van der Waals surface area contributed by atoms with Gasteiger partial charge in [-0.05, 0) is 55.0 Å². The molecule has 1 N–H and O–H groups in total. The van der Waals surface area contributed by atoms with E-state index in [-0.39, 0.29) is 19.1 Å². The monoisotopic (exact) mass is 439 g/mol. The molecule has 1 amide bonds. The van der Waals surface area contributed by atoms with Gasteiger partial charge in [0.2, 0.25) is 5.91 Å². The van der Waals surface area contributed by atoms with Gasteiger partial charge in [0, 0.05) is 10.7 Å². The number of amides is 1. The van der Waals surface area contributed by atoms with Crippen molar-refractivity contribution in [2.75, 3.05) is 5.32 Å². The molecular formula is C23H19Cl2N3O2. The highest BCUT2D eigenvalue weighted by atomic mass is 35.5. The number of ether oxygens (including phenoxy) is 1. The maximum absolute atomic E-state index is 12.7. The SMILES string of the molecule is Cc1cccc(NC(=O)Cn2c(COc3ccc(Cl)cc3Cl)nc3ccccc32)c1. The Morgan fingerprint density at radius 2 is 1.90 bits per heavy atom. The molecule has 4 rings (SSSR count). The van der Waals surface area contributed by atoms with Gasteiger partial charge in [0.15, 0.2) is 0 Å². The van der Waals surface area contributed by atoms with Crippen LogP contribution < -0.4 is 10.1 Å². The topological polar surface area (TPSA) is 56.2 Å². The number of rotatable bonds is 6. The molecule has 0 aliphatic rings. The van der Waals surface area contributed by atoms with Crippen molar-refractivity contribution in [3.63, 3.8) is 0 Å². The zero-order valence-corrected chi connectivity index (χ0v) is 17.7. The van der Waals surface area contributed by atoms with Gasteiger partial charge in [-0.1, -0.05) is 47.5 Å². The van der Waals surface area contributed by atoms with Gasteiger partial charge in [0.1, 0.15) is 24.7 Å². The first kappa shape index (κ1) is 20.3. The number of carbonyl (C=O) groups is 1. The van der Waals surface area contributed by atoms with Gasteiger partial charge in [0.05, 0.1) is 16.1 Å². The van der Waals surface area contributed by atoms with E-state index in [2.05, 4.69) is 10.3 Å². The van der Waals surface area contributed by atoms with Crippen LogP contribution >= 0.6 is 23.2 Å². The van der Waals surface area contributed by atoms with Gasteiger partial charge < -0.3 is 14.6 Å². The normalized spacial score (nSPS) is 10.9. The molecule has 4 aromatic rings. The third-order valence-corrected chi connectivity index (χ3v) is 5.12. The molecule has 152 valence electrons. The molecule has 0 aliphatic heterocycles. The van der Waals surface area contributed by atoms with Crippen molar-refractivity contribution in [1.82, 2.24) is 9.55 Å². The van der Waals surface area contributed by atoms with Gasteiger partial charge in [-0.3, -0.25) is 4.79 Å². The number of hydrogen-bond acceptors (Lipinski definition) is 3. The third-order valence-electron chi connectivity index (χ3n) is 4.59. The van der Waals surface area contributed by atoms with Gasteiger partial charge in [-0.15, -0.1) is 0 Å². The Balaban J connectivity index is 1.57. The predicted molar refractivity (Wildman–Crippen MR) is 120 cm³/mol. The lowest BCUT2D eigenvalue weighted by Gasteiger charge is -2.12. The van der Waals surface area contributed by atoms with Crippen LogP contribution in [-0.2, 0) is 17.9 Å². The highest BCUT2D eigenvalue weighted by Crippen LogP contribution is 2.28. The van der Waals surface area contributed by atoms with E-state index in [9.17, 15) is 4.79 Å². The molecule has 7 heteroatoms. The number of imidazole rings is 1. The van der Waals surface area contributed by atoms with Crippen molar-refractivity contribution in [3.05, 3.63) is 88.2 Å². The second kappa shape index (κ2) is 8.78. The summed E-state index contributed by atoms with van der Waals surface area (Å²) in [6.07, 6.45) is 0. The molecule has 1 heterocycles. The standard InChI is InChI=1S/C23H19Cl2N3O2/c1-15-5-4-6-17(11-15)26-23(29)13-28-20-8-3-2-7-19(20)27-22(28)14-30-21-10-9-16(24)12-18(21)25/h2-12H,13-14H2,1H3,(H,26,29). The predicted octanol–water partition coefficient (Wildman–Crippen LogP) is 5.87. The largest absolute Gasteiger partial charge is 0.484 e. The molecule has 5 nitrogen and oxygen atoms in total. The minimum Gasteiger partial charge on any atom is -0.484 e. The number of nitrogens with one attached hydrogen (secondary N) is 1. The maximum Gasteiger partial charge on any atom is 0.244 e. The number of para-hydroxylation sites is 2. The average Bonchev–Trinajstić information content (AvgIpc) is 3.05. The lowest BCUT2D eigenvalue weighted by atomic mass is 10.2. The molecule has 0 saturated heterocycles. The summed E-state index contributed by atoms with van der Waals surface area (Å²) in [7, 11) is 0. The third kappa shape index (κ3) is 4.58. The number of aromatic nitrogens is 2. The lowest BCUT2D eigenvalue weighted by molar-refractivity contribution is -0.116. The summed E-state index contributed by atoms with van der Waals surface area (Å²) in [5.41, 5.74) is 3.49. The molecule has 0 aliphatic carbocycles. The van der Waals surface area contributed by atoms with Gasteiger partial charge >= 0.3 is 0 Å². The Bertz CT molecular complexity index is 1220. The minimum absolute atomic E-state index is 0.113. The number of hydrogen-bond donors (Lipinski definition) is 1. The second-order valence-electron chi connectivity index (χ2n) is 6.88. The summed E-state index contributed by atoms with van der Waals surface area (Å²) < 4.78 is 7.71. The highest BCUT2D eigenvalue weighted by molar-refractivity contribution is 6.35. The summed E-state index contributed by atoms with van der Waals surface area (Å²) in [6.45, 7) is 2.26. The van der Waals surface area contributed by atoms with Gasteiger partial charge in [0.25, 0.3) is 0 Å². The zero-order valence-electron chi connectivity index (χ0n) is 16.2. The van der Waals surface area contributed by atoms with E-state index < -0.39 is 0 Å². The van der Waals surface area contributed by atoms with Crippen LogP contribution in [0.25, 0.3) is 11.0 Å². The van der Waals surface area contributed by atoms with Crippen molar-refractivity contribution in [2.45, 2.75) is 20.1 Å². The minimum atomic E-state index is -0.144. The smallest absolute Gasteiger partial charge is 0.244 e. The first-order valence-electron chi connectivity index (χ1n) is 9.38. The van der Waals surface area contributed by atoms with Crippen LogP contribution in [0.2, 0.25) is 10.0 Å². The second-order valence-corrected chi connectivity index (χ2v) is 7.73. The van der Waals surface area contributed by atoms with Crippen LogP contribution in [0.5, 0.6) is 5.75 Å². The summed E-state index contributed by atoms with van der Waals surface area (Å²) in [4.78, 5) is 17.4. The molecule has 0 saturated carbocycles. The number of halogens is 2. The van der Waals surface area contributed by atoms with Crippen LogP contribution in [0.1, 0.15) is 11.4 Å². The Morgan fingerprint density at radius 1 is 1.07 bits per heavy atom. The Labute approximate surface area is 184 Å². The van der Waals surface area contributed by atoms with E-state index in [0.717, 1.165) is 22.3 Å². The maximum atomic E-state index is 12.7. The van der Waals surface area contributed by atoms with Crippen LogP contribution in [0.3, 0.4) is 0 Å². The molecular weight excluding hydrogens is 421 g/mol. The quantitative estimate of drug-likeness (QED) is 0.408. The molecule has 0 fully saturated rings. The first-order valence-corrected chi connectivity index (χ1v) is 10.1. The highest BCUT2D eigenvalue weighted by Gasteiger charge is 2.15. The van der Waals surface area contributed by atoms with Gasteiger partial charge in [-0.25, -0.2) is 4.98 Å². The van der Waals surface area contributed by atoms with Crippen molar-refractivity contribution < 1.29 is 9.53 Å². The molecule has 0 unspecified atom stereocenters. The lowest BCUT2D eigenvalue weighted by Crippen LogP contribution is -2.20. The van der Waals surface area contributed by atoms with E-state index in [1.807, 2.05) is 60.0 Å². The fraction of sp³-hybridized carbons (Fsp3) is 0.130. The van der Waals surface area contributed by atoms with E-state index in [1.165, 1.54) is 0 Å². The summed E-state index contributed by atoms with van der Waals surface area (Å²) in [5, 5.41) is 3.89. The first-order chi connectivity index (χ1) is 14.5. The number of aryl methyl sites for hydroxylation is 1. The number of carbonyl (C=O) groups excluding carboxylic acids is 1. The molecule has 1 aromatic heterocycles. The van der Waals surface area contributed by atoms with Crippen molar-refractivity contribution in [2.24, 2.45) is 0 Å². The molecule has 30 heavy (non-hydrogen) atoms. The van der Waals surface area contributed by atoms with Crippen LogP contribution in [0.4, 0.5) is 5.69 Å². The average molecular weight is 440 g/mol. The number of fused-ring (bicyclic) bond motifs is 1. The van der Waals surface area contributed by atoms with E-state index in [0.29, 0.717) is 21.6 Å². The molecule has 3 aromatic carbocycles. The zero-order chi connectivity index (χ0) is 21.1. The van der Waals surface area contributed by atoms with Crippen LogP contribution in [0, 0.1) is 6.92 Å². The van der Waals surface area contributed by atoms with E-state index >= 15 is 0 Å². The number of nitrogens with zero attached hydrogens (tertiary/aromatic N) is 2. The van der Waals surface area contributed by atoms with Crippen LogP contribution in [0.15, 0.2) is 66.7 Å². The van der Waals surface area contributed by atoms with Gasteiger partial charge in [-0.2, -0.15) is 0 Å². The number of benzene rings is 3. The summed E-state index contributed by atoms with van der Waals surface area (Å²) in [5.74, 6) is 0.986. The Morgan fingerprint density at radius 3 is 2.70 bits per heavy atom. The summed E-state index contributed by atoms with van der Waals surface area (Å²) in [6, 6.07) is 20.4. The molecule has 0 spiro atoms. The van der Waals surface area contributed by atoms with Crippen LogP contribution in [-0.4, -0.2) is 15.5 Å². The molecule has 0 radical (unpaired) electrons. The van der Waals surface area contributed by atoms with E-state index in [4.69, 9.17) is 27.9 Å².